The molecule has 0 spiro atoms. The van der Waals surface area contributed by atoms with Gasteiger partial charge < -0.3 is 15.1 Å². The molecule has 6 heteroatoms. The summed E-state index contributed by atoms with van der Waals surface area (Å²) in [6.45, 7) is 5.54. The van der Waals surface area contributed by atoms with Gasteiger partial charge in [-0.25, -0.2) is 4.79 Å². The lowest BCUT2D eigenvalue weighted by molar-refractivity contribution is 0.195. The van der Waals surface area contributed by atoms with Gasteiger partial charge in [0.05, 0.1) is 6.20 Å². The SMILES string of the molecule is CC1=CCCN(C(=O)N[C@@H]2CCCN(c3ccnn3C)C2)C1. The Morgan fingerprint density at radius 1 is 1.41 bits per heavy atom. The highest BCUT2D eigenvalue weighted by Crippen LogP contribution is 2.19. The molecule has 0 aliphatic carbocycles. The van der Waals surface area contributed by atoms with Gasteiger partial charge in [0.1, 0.15) is 5.82 Å². The van der Waals surface area contributed by atoms with Crippen molar-refractivity contribution in [1.29, 1.82) is 0 Å². The van der Waals surface area contributed by atoms with Crippen LogP contribution in [0.2, 0.25) is 0 Å². The quantitative estimate of drug-likeness (QED) is 0.847. The molecule has 0 saturated carbocycles. The maximum absolute atomic E-state index is 12.4. The van der Waals surface area contributed by atoms with E-state index < -0.39 is 0 Å². The summed E-state index contributed by atoms with van der Waals surface area (Å²) in [7, 11) is 1.96. The molecule has 0 bridgehead atoms. The second kappa shape index (κ2) is 6.42. The number of aryl methyl sites for hydroxylation is 1. The smallest absolute Gasteiger partial charge is 0.317 e. The monoisotopic (exact) mass is 303 g/mol. The van der Waals surface area contributed by atoms with Crippen LogP contribution in [-0.4, -0.2) is 52.9 Å². The first kappa shape index (κ1) is 14.9. The van der Waals surface area contributed by atoms with Crippen molar-refractivity contribution >= 4 is 11.8 Å². The van der Waals surface area contributed by atoms with Gasteiger partial charge in [-0.1, -0.05) is 11.6 Å². The summed E-state index contributed by atoms with van der Waals surface area (Å²) in [6.07, 6.45) is 7.14. The number of amides is 2. The summed E-state index contributed by atoms with van der Waals surface area (Å²) in [5.74, 6) is 1.12. The van der Waals surface area contributed by atoms with Gasteiger partial charge in [-0.05, 0) is 26.2 Å². The van der Waals surface area contributed by atoms with E-state index in [1.54, 1.807) is 0 Å². The largest absolute Gasteiger partial charge is 0.355 e. The maximum Gasteiger partial charge on any atom is 0.317 e. The van der Waals surface area contributed by atoms with Crippen molar-refractivity contribution in [3.8, 4) is 0 Å². The van der Waals surface area contributed by atoms with Gasteiger partial charge >= 0.3 is 6.03 Å². The Hall–Kier alpha value is -1.98. The van der Waals surface area contributed by atoms with Crippen LogP contribution in [0.3, 0.4) is 0 Å². The topological polar surface area (TPSA) is 53.4 Å². The van der Waals surface area contributed by atoms with Crippen molar-refractivity contribution in [2.45, 2.75) is 32.2 Å². The molecule has 22 heavy (non-hydrogen) atoms. The molecule has 1 saturated heterocycles. The number of urea groups is 1. The first-order valence-corrected chi connectivity index (χ1v) is 8.07. The number of carbonyl (C=O) groups is 1. The molecule has 0 unspecified atom stereocenters. The second-order valence-corrected chi connectivity index (χ2v) is 6.31. The molecule has 120 valence electrons. The van der Waals surface area contributed by atoms with Crippen molar-refractivity contribution < 1.29 is 4.79 Å². The molecule has 3 rings (SSSR count). The standard InChI is InChI=1S/C16H25N5O/c1-13-5-3-10-21(11-13)16(22)18-14-6-4-9-20(12-14)15-7-8-17-19(15)2/h5,7-8,14H,3-4,6,9-12H2,1-2H3,(H,18,22)/t14-/m1/s1. The molecule has 1 N–H and O–H groups in total. The van der Waals surface area contributed by atoms with Crippen molar-refractivity contribution in [3.05, 3.63) is 23.9 Å². The molecule has 1 aromatic rings. The van der Waals surface area contributed by atoms with E-state index >= 15 is 0 Å². The van der Waals surface area contributed by atoms with Crippen LogP contribution in [0, 0.1) is 0 Å². The van der Waals surface area contributed by atoms with Crippen LogP contribution in [0.4, 0.5) is 10.6 Å². The number of anilines is 1. The van der Waals surface area contributed by atoms with E-state index in [1.807, 2.05) is 28.9 Å². The summed E-state index contributed by atoms with van der Waals surface area (Å²) >= 11 is 0. The zero-order valence-corrected chi connectivity index (χ0v) is 13.5. The zero-order chi connectivity index (χ0) is 15.5. The van der Waals surface area contributed by atoms with E-state index in [2.05, 4.69) is 28.3 Å². The van der Waals surface area contributed by atoms with Gasteiger partial charge in [0, 0.05) is 45.3 Å². The Morgan fingerprint density at radius 2 is 2.27 bits per heavy atom. The number of nitrogens with one attached hydrogen (secondary N) is 1. The van der Waals surface area contributed by atoms with Gasteiger partial charge in [-0.15, -0.1) is 0 Å². The molecule has 2 amide bonds. The molecule has 1 atom stereocenters. The van der Waals surface area contributed by atoms with Gasteiger partial charge in [-0.2, -0.15) is 5.10 Å². The van der Waals surface area contributed by atoms with E-state index in [-0.39, 0.29) is 12.1 Å². The van der Waals surface area contributed by atoms with E-state index in [4.69, 9.17) is 0 Å². The first-order valence-electron chi connectivity index (χ1n) is 8.07. The van der Waals surface area contributed by atoms with Gasteiger partial charge in [0.2, 0.25) is 0 Å². The van der Waals surface area contributed by atoms with Gasteiger partial charge in [0.15, 0.2) is 0 Å². The summed E-state index contributed by atoms with van der Waals surface area (Å²) < 4.78 is 1.89. The summed E-state index contributed by atoms with van der Waals surface area (Å²) in [4.78, 5) is 16.6. The number of rotatable bonds is 2. The summed E-state index contributed by atoms with van der Waals surface area (Å²) in [5, 5.41) is 7.44. The van der Waals surface area contributed by atoms with Crippen LogP contribution in [0.5, 0.6) is 0 Å². The average Bonchev–Trinajstić information content (AvgIpc) is 2.94. The fourth-order valence-electron chi connectivity index (χ4n) is 3.33. The summed E-state index contributed by atoms with van der Waals surface area (Å²) in [6, 6.07) is 2.31. The van der Waals surface area contributed by atoms with Crippen LogP contribution in [0.15, 0.2) is 23.9 Å². The van der Waals surface area contributed by atoms with Crippen LogP contribution in [0.1, 0.15) is 26.2 Å². The molecule has 0 aromatic carbocycles. The first-order chi connectivity index (χ1) is 10.6. The number of hydrogen-bond acceptors (Lipinski definition) is 3. The third kappa shape index (κ3) is 3.26. The summed E-state index contributed by atoms with van der Waals surface area (Å²) in [5.41, 5.74) is 1.28. The lowest BCUT2D eigenvalue weighted by Gasteiger charge is -2.36. The Bertz CT molecular complexity index is 565. The molecule has 6 nitrogen and oxygen atoms in total. The number of aromatic nitrogens is 2. The Labute approximate surface area is 131 Å². The minimum atomic E-state index is 0.0734. The molecule has 3 heterocycles. The van der Waals surface area contributed by atoms with Crippen molar-refractivity contribution in [1.82, 2.24) is 20.0 Å². The van der Waals surface area contributed by atoms with Gasteiger partial charge in [0.25, 0.3) is 0 Å². The number of hydrogen-bond donors (Lipinski definition) is 1. The number of carbonyl (C=O) groups excluding carboxylic acids is 1. The van der Waals surface area contributed by atoms with E-state index in [0.29, 0.717) is 0 Å². The highest BCUT2D eigenvalue weighted by molar-refractivity contribution is 5.75. The molecule has 2 aliphatic heterocycles. The third-order valence-corrected chi connectivity index (χ3v) is 4.49. The van der Waals surface area contributed by atoms with Crippen molar-refractivity contribution in [3.63, 3.8) is 0 Å². The molecular weight excluding hydrogens is 278 g/mol. The van der Waals surface area contributed by atoms with Crippen molar-refractivity contribution in [2.24, 2.45) is 7.05 Å². The fraction of sp³-hybridized carbons (Fsp3) is 0.625. The predicted molar refractivity (Wildman–Crippen MR) is 86.9 cm³/mol. The Balaban J connectivity index is 1.57. The van der Waals surface area contributed by atoms with Crippen LogP contribution < -0.4 is 10.2 Å². The predicted octanol–water partition coefficient (Wildman–Crippen LogP) is 1.75. The number of nitrogens with zero attached hydrogens (tertiary/aromatic N) is 4. The second-order valence-electron chi connectivity index (χ2n) is 6.31. The molecule has 0 radical (unpaired) electrons. The van der Waals surface area contributed by atoms with Crippen LogP contribution >= 0.6 is 0 Å². The molecule has 2 aliphatic rings. The highest BCUT2D eigenvalue weighted by Gasteiger charge is 2.25. The Morgan fingerprint density at radius 3 is 3.00 bits per heavy atom. The van der Waals surface area contributed by atoms with Crippen LogP contribution in [-0.2, 0) is 7.05 Å². The lowest BCUT2D eigenvalue weighted by Crippen LogP contribution is -2.52. The zero-order valence-electron chi connectivity index (χ0n) is 13.5. The fourth-order valence-corrected chi connectivity index (χ4v) is 3.33. The minimum absolute atomic E-state index is 0.0734. The minimum Gasteiger partial charge on any atom is -0.355 e. The molecule has 1 aromatic heterocycles. The van der Waals surface area contributed by atoms with E-state index in [0.717, 1.165) is 51.3 Å². The maximum atomic E-state index is 12.4. The van der Waals surface area contributed by atoms with Crippen LogP contribution in [0.25, 0.3) is 0 Å². The molecule has 1 fully saturated rings. The van der Waals surface area contributed by atoms with E-state index in [1.165, 1.54) is 5.57 Å². The number of piperidine rings is 1. The Kier molecular flexibility index (Phi) is 4.36. The third-order valence-electron chi connectivity index (χ3n) is 4.49. The highest BCUT2D eigenvalue weighted by atomic mass is 16.2. The van der Waals surface area contributed by atoms with E-state index in [9.17, 15) is 4.79 Å². The normalized spacial score (nSPS) is 22.5. The lowest BCUT2D eigenvalue weighted by atomic mass is 10.1. The average molecular weight is 303 g/mol. The van der Waals surface area contributed by atoms with Crippen molar-refractivity contribution in [2.75, 3.05) is 31.1 Å². The van der Waals surface area contributed by atoms with Gasteiger partial charge in [-0.3, -0.25) is 4.68 Å². The molecular formula is C16H25N5O.